The smallest absolute Gasteiger partial charge is 0.119 e. The highest BCUT2D eigenvalue weighted by Gasteiger charge is 1.93. The summed E-state index contributed by atoms with van der Waals surface area (Å²) in [5, 5.41) is 3.35. The fourth-order valence-electron chi connectivity index (χ4n) is 1.00. The summed E-state index contributed by atoms with van der Waals surface area (Å²) in [5.74, 6) is 0.832. The quantitative estimate of drug-likeness (QED) is 0.253. The molecule has 0 atom stereocenters. The van der Waals surface area contributed by atoms with Crippen molar-refractivity contribution in [2.75, 3.05) is 26.4 Å². The van der Waals surface area contributed by atoms with Crippen LogP contribution in [0.15, 0.2) is 29.4 Å². The van der Waals surface area contributed by atoms with E-state index in [4.69, 9.17) is 15.0 Å². The van der Waals surface area contributed by atoms with Crippen molar-refractivity contribution in [1.29, 1.82) is 0 Å². The van der Waals surface area contributed by atoms with Crippen LogP contribution >= 0.6 is 22.6 Å². The van der Waals surface area contributed by atoms with E-state index in [1.165, 1.54) is 3.57 Å². The average molecular weight is 333 g/mol. The highest BCUT2D eigenvalue weighted by Crippen LogP contribution is 2.13. The van der Waals surface area contributed by atoms with Gasteiger partial charge in [-0.2, -0.15) is 0 Å². The summed E-state index contributed by atoms with van der Waals surface area (Å²) in [5.41, 5.74) is 8.02. The molecule has 1 aromatic carbocycles. The lowest BCUT2D eigenvalue weighted by atomic mass is 10.3. The summed E-state index contributed by atoms with van der Waals surface area (Å²) in [6.45, 7) is 1.78. The topological polar surface area (TPSA) is 67.2 Å². The van der Waals surface area contributed by atoms with E-state index < -0.39 is 0 Å². The third-order valence-corrected chi connectivity index (χ3v) is 2.43. The second-order valence-corrected chi connectivity index (χ2v) is 4.11. The van der Waals surface area contributed by atoms with Crippen LogP contribution in [0.5, 0.6) is 5.75 Å². The van der Waals surface area contributed by atoms with Gasteiger partial charge in [-0.25, -0.2) is 0 Å². The molecule has 0 heterocycles. The van der Waals surface area contributed by atoms with Crippen molar-refractivity contribution in [3.8, 4) is 5.75 Å². The molecule has 16 heavy (non-hydrogen) atoms. The number of benzene rings is 1. The molecule has 0 fully saturated rings. The predicted molar refractivity (Wildman–Crippen MR) is 69.5 cm³/mol. The normalized spacial score (nSPS) is 9.56. The zero-order chi connectivity index (χ0) is 11.6. The van der Waals surface area contributed by atoms with Gasteiger partial charge < -0.3 is 9.47 Å². The maximum absolute atomic E-state index is 8.02. The van der Waals surface area contributed by atoms with Gasteiger partial charge >= 0.3 is 0 Å². The first-order valence-electron chi connectivity index (χ1n) is 4.80. The third-order valence-electron chi connectivity index (χ3n) is 1.71. The van der Waals surface area contributed by atoms with Gasteiger partial charge in [-0.15, -0.1) is 0 Å². The summed E-state index contributed by atoms with van der Waals surface area (Å²) in [4.78, 5) is 2.62. The van der Waals surface area contributed by atoms with Gasteiger partial charge in [0.1, 0.15) is 12.4 Å². The molecule has 0 N–H and O–H groups in total. The van der Waals surface area contributed by atoms with Gasteiger partial charge in [0.05, 0.1) is 13.2 Å². The highest BCUT2D eigenvalue weighted by molar-refractivity contribution is 14.1. The van der Waals surface area contributed by atoms with Gasteiger partial charge in [0.2, 0.25) is 0 Å². The Hall–Kier alpha value is -0.980. The number of ether oxygens (including phenoxy) is 2. The lowest BCUT2D eigenvalue weighted by molar-refractivity contribution is 0.106. The summed E-state index contributed by atoms with van der Waals surface area (Å²) < 4.78 is 11.8. The molecule has 0 amide bonds. The molecule has 0 aromatic heterocycles. The van der Waals surface area contributed by atoms with Crippen LogP contribution in [0.3, 0.4) is 0 Å². The molecule has 5 nitrogen and oxygen atoms in total. The predicted octanol–water partition coefficient (Wildman–Crippen LogP) is 3.00. The highest BCUT2D eigenvalue weighted by atomic mass is 127. The molecule has 0 aliphatic carbocycles. The van der Waals surface area contributed by atoms with Gasteiger partial charge in [-0.05, 0) is 52.4 Å². The van der Waals surface area contributed by atoms with Gasteiger partial charge in [0.25, 0.3) is 0 Å². The van der Waals surface area contributed by atoms with Crippen LogP contribution in [-0.2, 0) is 4.74 Å². The van der Waals surface area contributed by atoms with Crippen molar-refractivity contribution >= 4 is 22.6 Å². The molecule has 0 saturated carbocycles. The second kappa shape index (κ2) is 8.20. The molecule has 6 heteroatoms. The molecule has 0 bridgehead atoms. The van der Waals surface area contributed by atoms with Crippen LogP contribution in [0.25, 0.3) is 10.4 Å². The summed E-state index contributed by atoms with van der Waals surface area (Å²) >= 11 is 2.24. The Balaban J connectivity index is 2.07. The zero-order valence-corrected chi connectivity index (χ0v) is 10.8. The zero-order valence-electron chi connectivity index (χ0n) is 8.67. The van der Waals surface area contributed by atoms with Crippen LogP contribution in [0, 0.1) is 3.57 Å². The van der Waals surface area contributed by atoms with E-state index in [0.717, 1.165) is 5.75 Å². The molecule has 0 radical (unpaired) electrons. The molecule has 86 valence electrons. The van der Waals surface area contributed by atoms with Crippen LogP contribution in [0.2, 0.25) is 0 Å². The molecule has 0 unspecified atom stereocenters. The molecular formula is C10H12IN3O2. The van der Waals surface area contributed by atoms with E-state index in [0.29, 0.717) is 26.4 Å². The summed E-state index contributed by atoms with van der Waals surface area (Å²) in [6.07, 6.45) is 0. The fraction of sp³-hybridized carbons (Fsp3) is 0.400. The van der Waals surface area contributed by atoms with Crippen molar-refractivity contribution in [3.05, 3.63) is 38.3 Å². The first-order valence-corrected chi connectivity index (χ1v) is 5.88. The van der Waals surface area contributed by atoms with Crippen LogP contribution < -0.4 is 4.74 Å². The molecule has 0 aliphatic rings. The van der Waals surface area contributed by atoms with E-state index in [-0.39, 0.29) is 0 Å². The van der Waals surface area contributed by atoms with Crippen molar-refractivity contribution in [3.63, 3.8) is 0 Å². The Kier molecular flexibility index (Phi) is 6.71. The van der Waals surface area contributed by atoms with E-state index >= 15 is 0 Å². The Morgan fingerprint density at radius 3 is 2.62 bits per heavy atom. The molecular weight excluding hydrogens is 321 g/mol. The van der Waals surface area contributed by atoms with Crippen molar-refractivity contribution in [2.45, 2.75) is 0 Å². The standard InChI is InChI=1S/C10H12IN3O2/c11-9-1-3-10(4-2-9)16-8-7-15-6-5-13-14-12/h1-4H,5-8H2. The number of hydrogen-bond donors (Lipinski definition) is 0. The van der Waals surface area contributed by atoms with E-state index in [1.54, 1.807) is 0 Å². The Bertz CT molecular complexity index is 350. The largest absolute Gasteiger partial charge is 0.491 e. The monoisotopic (exact) mass is 333 g/mol. The van der Waals surface area contributed by atoms with Crippen LogP contribution in [-0.4, -0.2) is 26.4 Å². The summed E-state index contributed by atoms with van der Waals surface area (Å²) in [7, 11) is 0. The number of halogens is 1. The second-order valence-electron chi connectivity index (χ2n) is 2.87. The fourth-order valence-corrected chi connectivity index (χ4v) is 1.36. The van der Waals surface area contributed by atoms with Crippen molar-refractivity contribution in [2.24, 2.45) is 5.11 Å². The first-order chi connectivity index (χ1) is 7.83. The van der Waals surface area contributed by atoms with Gasteiger partial charge in [0.15, 0.2) is 0 Å². The maximum Gasteiger partial charge on any atom is 0.119 e. The Morgan fingerprint density at radius 1 is 1.19 bits per heavy atom. The summed E-state index contributed by atoms with van der Waals surface area (Å²) in [6, 6.07) is 7.81. The Labute approximate surface area is 108 Å². The van der Waals surface area contributed by atoms with Crippen LogP contribution in [0.4, 0.5) is 0 Å². The number of rotatable bonds is 7. The van der Waals surface area contributed by atoms with E-state index in [2.05, 4.69) is 32.6 Å². The maximum atomic E-state index is 8.02. The minimum absolute atomic E-state index is 0.361. The van der Waals surface area contributed by atoms with Gasteiger partial charge in [0, 0.05) is 15.0 Å². The van der Waals surface area contributed by atoms with Crippen molar-refractivity contribution < 1.29 is 9.47 Å². The number of azide groups is 1. The Morgan fingerprint density at radius 2 is 1.94 bits per heavy atom. The van der Waals surface area contributed by atoms with Gasteiger partial charge in [-0.3, -0.25) is 0 Å². The minimum atomic E-state index is 0.361. The number of hydrogen-bond acceptors (Lipinski definition) is 3. The molecule has 0 spiro atoms. The number of nitrogens with zero attached hydrogens (tertiary/aromatic N) is 3. The lowest BCUT2D eigenvalue weighted by Gasteiger charge is -2.06. The molecule has 1 aromatic rings. The first kappa shape index (κ1) is 13.1. The van der Waals surface area contributed by atoms with E-state index in [9.17, 15) is 0 Å². The third kappa shape index (κ3) is 5.79. The molecule has 0 saturated heterocycles. The van der Waals surface area contributed by atoms with E-state index in [1.807, 2.05) is 24.3 Å². The lowest BCUT2D eigenvalue weighted by Crippen LogP contribution is -2.08. The van der Waals surface area contributed by atoms with Crippen molar-refractivity contribution in [1.82, 2.24) is 0 Å². The SMILES string of the molecule is [N-]=[N+]=NCCOCCOc1ccc(I)cc1. The van der Waals surface area contributed by atoms with Crippen LogP contribution in [0.1, 0.15) is 0 Å². The molecule has 1 rings (SSSR count). The molecule has 0 aliphatic heterocycles. The van der Waals surface area contributed by atoms with Gasteiger partial charge in [-0.1, -0.05) is 5.11 Å². The minimum Gasteiger partial charge on any atom is -0.491 e. The average Bonchev–Trinajstić information content (AvgIpc) is 2.30.